The predicted molar refractivity (Wildman–Crippen MR) is 56.5 cm³/mol. The molecule has 6 nitrogen and oxygen atoms in total. The van der Waals surface area contributed by atoms with Gasteiger partial charge in [0.05, 0.1) is 10.5 Å². The number of carbonyl (C=O) groups is 1. The maximum Gasteiger partial charge on any atom is 0.252 e. The molecule has 0 aliphatic rings. The van der Waals surface area contributed by atoms with Crippen LogP contribution in [0.1, 0.15) is 17.5 Å². The van der Waals surface area contributed by atoms with E-state index in [2.05, 4.69) is 31.0 Å². The Bertz CT molecular complexity index is 521. The van der Waals surface area contributed by atoms with Crippen molar-refractivity contribution in [3.63, 3.8) is 0 Å². The molecule has 78 valence electrons. The molecule has 0 amide bonds. The van der Waals surface area contributed by atoms with Crippen molar-refractivity contribution in [3.05, 3.63) is 22.7 Å². The second kappa shape index (κ2) is 3.67. The number of aromatic nitrogens is 4. The van der Waals surface area contributed by atoms with Crippen LogP contribution in [0.2, 0.25) is 0 Å². The number of rotatable bonds is 2. The number of ketones is 1. The van der Waals surface area contributed by atoms with Gasteiger partial charge in [0.1, 0.15) is 0 Å². The van der Waals surface area contributed by atoms with Crippen molar-refractivity contribution in [1.29, 1.82) is 0 Å². The van der Waals surface area contributed by atoms with E-state index in [1.54, 1.807) is 19.3 Å². The summed E-state index contributed by atoms with van der Waals surface area (Å²) in [6, 6.07) is -0.606. The second-order valence-corrected chi connectivity index (χ2v) is 4.02. The normalized spacial score (nSPS) is 13.0. The molecule has 0 aliphatic heterocycles. The molecule has 0 aromatic carbocycles. The monoisotopic (exact) mass is 269 g/mol. The highest BCUT2D eigenvalue weighted by Crippen LogP contribution is 2.08. The Balaban J connectivity index is 2.52. The number of hydrogen-bond donors (Lipinski definition) is 1. The number of carbonyl (C=O) groups excluding carboxylic acids is 1. The largest absolute Gasteiger partial charge is 0.321 e. The molecule has 0 radical (unpaired) electrons. The van der Waals surface area contributed by atoms with Crippen LogP contribution in [-0.2, 0) is 0 Å². The van der Waals surface area contributed by atoms with Crippen LogP contribution < -0.4 is 5.73 Å². The average Bonchev–Trinajstić information content (AvgIpc) is 2.58. The third-order valence-electron chi connectivity index (χ3n) is 1.80. The lowest BCUT2D eigenvalue weighted by Crippen LogP contribution is -2.27. The fraction of sp³-hybridized carbons (Fsp3) is 0.250. The van der Waals surface area contributed by atoms with E-state index in [-0.39, 0.29) is 11.6 Å². The molecule has 2 aromatic heterocycles. The van der Waals surface area contributed by atoms with Crippen LogP contribution in [0.4, 0.5) is 0 Å². The molecule has 15 heavy (non-hydrogen) atoms. The Morgan fingerprint density at radius 2 is 2.40 bits per heavy atom. The van der Waals surface area contributed by atoms with Crippen molar-refractivity contribution in [2.45, 2.75) is 13.0 Å². The number of nitrogens with two attached hydrogens (primary N) is 1. The van der Waals surface area contributed by atoms with Crippen molar-refractivity contribution in [3.8, 4) is 0 Å². The molecule has 1 atom stereocenters. The number of Topliss-reactive ketones (excluding diaryl/α,β-unsaturated/α-hetero) is 1. The van der Waals surface area contributed by atoms with Crippen molar-refractivity contribution in [1.82, 2.24) is 19.6 Å². The lowest BCUT2D eigenvalue weighted by Gasteiger charge is -1.96. The summed E-state index contributed by atoms with van der Waals surface area (Å²) in [5.41, 5.74) is 5.45. The molecule has 0 saturated heterocycles. The first kappa shape index (κ1) is 10.2. The van der Waals surface area contributed by atoms with Crippen LogP contribution in [0.25, 0.3) is 5.78 Å². The van der Waals surface area contributed by atoms with Crippen molar-refractivity contribution >= 4 is 27.5 Å². The van der Waals surface area contributed by atoms with E-state index in [9.17, 15) is 4.79 Å². The zero-order valence-electron chi connectivity index (χ0n) is 7.88. The van der Waals surface area contributed by atoms with E-state index < -0.39 is 6.04 Å². The Morgan fingerprint density at radius 1 is 1.67 bits per heavy atom. The van der Waals surface area contributed by atoms with Gasteiger partial charge in [-0.2, -0.15) is 4.98 Å². The average molecular weight is 270 g/mol. The summed E-state index contributed by atoms with van der Waals surface area (Å²) in [6.45, 7) is 1.59. The molecule has 2 N–H and O–H groups in total. The first-order chi connectivity index (χ1) is 7.08. The summed E-state index contributed by atoms with van der Waals surface area (Å²) >= 11 is 3.25. The quantitative estimate of drug-likeness (QED) is 0.799. The molecule has 2 heterocycles. The van der Waals surface area contributed by atoms with Gasteiger partial charge < -0.3 is 5.73 Å². The minimum absolute atomic E-state index is 0.0931. The third kappa shape index (κ3) is 1.88. The highest BCUT2D eigenvalue weighted by Gasteiger charge is 2.16. The van der Waals surface area contributed by atoms with Crippen molar-refractivity contribution < 1.29 is 4.79 Å². The first-order valence-electron chi connectivity index (χ1n) is 4.25. The Hall–Kier alpha value is -1.34. The van der Waals surface area contributed by atoms with Gasteiger partial charge in [0.25, 0.3) is 5.78 Å². The summed E-state index contributed by atoms with van der Waals surface area (Å²) in [5, 5.41) is 3.98. The van der Waals surface area contributed by atoms with Gasteiger partial charge in [0, 0.05) is 12.4 Å². The minimum Gasteiger partial charge on any atom is -0.321 e. The summed E-state index contributed by atoms with van der Waals surface area (Å²) in [6.07, 6.45) is 3.26. The third-order valence-corrected chi connectivity index (χ3v) is 2.21. The van der Waals surface area contributed by atoms with E-state index in [4.69, 9.17) is 5.73 Å². The number of fused-ring (bicyclic) bond motifs is 1. The Labute approximate surface area is 93.6 Å². The van der Waals surface area contributed by atoms with Crippen molar-refractivity contribution in [2.24, 2.45) is 5.73 Å². The molecule has 0 saturated carbocycles. The van der Waals surface area contributed by atoms with E-state index in [1.165, 1.54) is 4.52 Å². The van der Waals surface area contributed by atoms with Crippen LogP contribution in [0, 0.1) is 0 Å². The van der Waals surface area contributed by atoms with Crippen LogP contribution >= 0.6 is 15.9 Å². The molecular weight excluding hydrogens is 262 g/mol. The van der Waals surface area contributed by atoms with Crippen LogP contribution in [0.3, 0.4) is 0 Å². The lowest BCUT2D eigenvalue weighted by atomic mass is 10.2. The molecule has 0 bridgehead atoms. The fourth-order valence-electron chi connectivity index (χ4n) is 1.07. The molecule has 0 fully saturated rings. The van der Waals surface area contributed by atoms with Crippen LogP contribution in [-0.4, -0.2) is 31.4 Å². The van der Waals surface area contributed by atoms with Gasteiger partial charge in [-0.1, -0.05) is 0 Å². The van der Waals surface area contributed by atoms with E-state index in [1.807, 2.05) is 0 Å². The second-order valence-electron chi connectivity index (χ2n) is 3.11. The summed E-state index contributed by atoms with van der Waals surface area (Å²) < 4.78 is 2.19. The van der Waals surface area contributed by atoms with E-state index >= 15 is 0 Å². The van der Waals surface area contributed by atoms with Crippen LogP contribution in [0.5, 0.6) is 0 Å². The summed E-state index contributed by atoms with van der Waals surface area (Å²) in [5.74, 6) is 0.175. The first-order valence-corrected chi connectivity index (χ1v) is 5.05. The highest BCUT2D eigenvalue weighted by molar-refractivity contribution is 9.10. The SMILES string of the molecule is CC(N)C(=O)c1nc2ncc(Br)cn2n1. The maximum atomic E-state index is 11.5. The molecule has 2 aromatic rings. The lowest BCUT2D eigenvalue weighted by molar-refractivity contribution is 0.0958. The Kier molecular flexibility index (Phi) is 2.49. The zero-order valence-corrected chi connectivity index (χ0v) is 9.47. The molecule has 0 aliphatic carbocycles. The molecule has 7 heteroatoms. The topological polar surface area (TPSA) is 86.2 Å². The minimum atomic E-state index is -0.606. The number of halogens is 1. The van der Waals surface area contributed by atoms with Crippen LogP contribution in [0.15, 0.2) is 16.9 Å². The molecule has 0 spiro atoms. The van der Waals surface area contributed by atoms with E-state index in [0.29, 0.717) is 5.78 Å². The summed E-state index contributed by atoms with van der Waals surface area (Å²) in [7, 11) is 0. The number of hydrogen-bond acceptors (Lipinski definition) is 5. The molecular formula is C8H8BrN5O. The van der Waals surface area contributed by atoms with E-state index in [0.717, 1.165) is 4.47 Å². The molecule has 2 rings (SSSR count). The van der Waals surface area contributed by atoms with Gasteiger partial charge in [-0.15, -0.1) is 5.10 Å². The maximum absolute atomic E-state index is 11.5. The molecule has 1 unspecified atom stereocenters. The van der Waals surface area contributed by atoms with Crippen molar-refractivity contribution in [2.75, 3.05) is 0 Å². The highest BCUT2D eigenvalue weighted by atomic mass is 79.9. The van der Waals surface area contributed by atoms with Gasteiger partial charge in [0.2, 0.25) is 11.6 Å². The predicted octanol–water partition coefficient (Wildman–Crippen LogP) is 0.417. The fourth-order valence-corrected chi connectivity index (χ4v) is 1.36. The summed E-state index contributed by atoms with van der Waals surface area (Å²) in [4.78, 5) is 19.5. The standard InChI is InChI=1S/C8H8BrN5O/c1-4(10)6(15)7-12-8-11-2-5(9)3-14(8)13-7/h2-4H,10H2,1H3. The van der Waals surface area contributed by atoms with Gasteiger partial charge in [-0.25, -0.2) is 9.50 Å². The van der Waals surface area contributed by atoms with Gasteiger partial charge >= 0.3 is 0 Å². The zero-order chi connectivity index (χ0) is 11.0. The van der Waals surface area contributed by atoms with Gasteiger partial charge in [-0.05, 0) is 22.9 Å². The smallest absolute Gasteiger partial charge is 0.252 e. The number of nitrogens with zero attached hydrogens (tertiary/aromatic N) is 4. The Morgan fingerprint density at radius 3 is 3.07 bits per heavy atom. The van der Waals surface area contributed by atoms with Gasteiger partial charge in [0.15, 0.2) is 0 Å². The van der Waals surface area contributed by atoms with Gasteiger partial charge in [-0.3, -0.25) is 4.79 Å².